The lowest BCUT2D eigenvalue weighted by atomic mass is 9.88. The Labute approximate surface area is 191 Å². The Morgan fingerprint density at radius 1 is 0.818 bits per heavy atom. The molecule has 0 radical (unpaired) electrons. The summed E-state index contributed by atoms with van der Waals surface area (Å²) >= 11 is 0. The zero-order chi connectivity index (χ0) is 23.5. The van der Waals surface area contributed by atoms with Crippen molar-refractivity contribution in [3.63, 3.8) is 0 Å². The van der Waals surface area contributed by atoms with E-state index in [0.29, 0.717) is 23.3 Å². The number of allylic oxidation sites excluding steroid dienone is 1. The molecule has 1 saturated heterocycles. The molecule has 1 aliphatic rings. The molecular formula is C28H26F4O. The number of halogens is 4. The summed E-state index contributed by atoms with van der Waals surface area (Å²) < 4.78 is 64.0. The Balaban J connectivity index is 1.54. The van der Waals surface area contributed by atoms with Crippen LogP contribution in [0.1, 0.15) is 42.7 Å². The lowest BCUT2D eigenvalue weighted by molar-refractivity contribution is -0.000881. The Morgan fingerprint density at radius 2 is 1.42 bits per heavy atom. The summed E-state index contributed by atoms with van der Waals surface area (Å²) in [7, 11) is 0. The number of hydrogen-bond acceptors (Lipinski definition) is 1. The second kappa shape index (κ2) is 9.92. The zero-order valence-corrected chi connectivity index (χ0v) is 18.5. The highest BCUT2D eigenvalue weighted by Gasteiger charge is 2.27. The summed E-state index contributed by atoms with van der Waals surface area (Å²) in [4.78, 5) is 0. The van der Waals surface area contributed by atoms with Crippen LogP contribution in [0.3, 0.4) is 0 Å². The molecule has 3 aromatic carbocycles. The third-order valence-electron chi connectivity index (χ3n) is 6.40. The molecule has 3 aromatic rings. The summed E-state index contributed by atoms with van der Waals surface area (Å²) in [5.74, 6) is -3.77. The molecule has 1 fully saturated rings. The van der Waals surface area contributed by atoms with Crippen LogP contribution in [0.4, 0.5) is 17.6 Å². The van der Waals surface area contributed by atoms with Crippen molar-refractivity contribution in [3.8, 4) is 22.3 Å². The van der Waals surface area contributed by atoms with E-state index in [1.165, 1.54) is 19.1 Å². The second-order valence-electron chi connectivity index (χ2n) is 8.56. The van der Waals surface area contributed by atoms with Gasteiger partial charge in [-0.15, -0.1) is 6.58 Å². The Hall–Kier alpha value is -2.92. The molecule has 1 aliphatic heterocycles. The topological polar surface area (TPSA) is 9.23 Å². The van der Waals surface area contributed by atoms with E-state index in [-0.39, 0.29) is 28.7 Å². The van der Waals surface area contributed by atoms with Crippen LogP contribution < -0.4 is 0 Å². The smallest absolute Gasteiger partial charge is 0.166 e. The Kier molecular flexibility index (Phi) is 6.99. The van der Waals surface area contributed by atoms with Gasteiger partial charge in [0.15, 0.2) is 23.3 Å². The van der Waals surface area contributed by atoms with E-state index in [9.17, 15) is 17.6 Å². The largest absolute Gasteiger partial charge is 0.378 e. The number of hydrogen-bond donors (Lipinski definition) is 0. The summed E-state index contributed by atoms with van der Waals surface area (Å²) in [6.07, 6.45) is 5.30. The van der Waals surface area contributed by atoms with Crippen molar-refractivity contribution < 1.29 is 22.3 Å². The lowest BCUT2D eigenvalue weighted by Gasteiger charge is -2.29. The molecule has 2 unspecified atom stereocenters. The molecule has 0 aliphatic carbocycles. The third kappa shape index (κ3) is 4.74. The van der Waals surface area contributed by atoms with Crippen LogP contribution in [0.5, 0.6) is 0 Å². The zero-order valence-electron chi connectivity index (χ0n) is 18.5. The van der Waals surface area contributed by atoms with Gasteiger partial charge >= 0.3 is 0 Å². The highest BCUT2D eigenvalue weighted by atomic mass is 19.2. The van der Waals surface area contributed by atoms with E-state index in [1.807, 2.05) is 6.08 Å². The summed E-state index contributed by atoms with van der Waals surface area (Å²) in [6, 6.07) is 12.5. The standard InChI is InChI=1S/C28H26F4O/c1-3-4-5-21-12-11-20(16-33-21)24-15-14-23(27(31)28(24)32)19-9-7-18(8-10-19)22-13-6-17(2)25(29)26(22)30/h3,6-10,13-15,20-21H,1,4-5,11-12,16H2,2H3. The van der Waals surface area contributed by atoms with Crippen molar-refractivity contribution in [3.05, 3.63) is 95.6 Å². The molecule has 0 N–H and O–H groups in total. The van der Waals surface area contributed by atoms with Crippen LogP contribution >= 0.6 is 0 Å². The molecule has 0 spiro atoms. The van der Waals surface area contributed by atoms with Crippen molar-refractivity contribution in [2.24, 2.45) is 0 Å². The lowest BCUT2D eigenvalue weighted by Crippen LogP contribution is -2.25. The van der Waals surface area contributed by atoms with Gasteiger partial charge in [0.2, 0.25) is 0 Å². The molecule has 2 atom stereocenters. The van der Waals surface area contributed by atoms with E-state index < -0.39 is 23.3 Å². The van der Waals surface area contributed by atoms with Crippen molar-refractivity contribution >= 4 is 0 Å². The van der Waals surface area contributed by atoms with Crippen molar-refractivity contribution in [1.82, 2.24) is 0 Å². The number of ether oxygens (including phenoxy) is 1. The van der Waals surface area contributed by atoms with E-state index in [0.717, 1.165) is 25.7 Å². The van der Waals surface area contributed by atoms with Crippen molar-refractivity contribution in [2.75, 3.05) is 6.61 Å². The maximum absolute atomic E-state index is 15.0. The van der Waals surface area contributed by atoms with Gasteiger partial charge < -0.3 is 4.74 Å². The molecule has 0 bridgehead atoms. The van der Waals surface area contributed by atoms with Crippen LogP contribution in [-0.4, -0.2) is 12.7 Å². The Bertz CT molecular complexity index is 1150. The average molecular weight is 455 g/mol. The molecule has 0 amide bonds. The highest BCUT2D eigenvalue weighted by Crippen LogP contribution is 2.36. The van der Waals surface area contributed by atoms with Gasteiger partial charge in [-0.3, -0.25) is 0 Å². The maximum atomic E-state index is 15.0. The minimum atomic E-state index is -0.925. The molecule has 172 valence electrons. The van der Waals surface area contributed by atoms with Crippen LogP contribution in [0.15, 0.2) is 61.2 Å². The van der Waals surface area contributed by atoms with Gasteiger partial charge in [0.25, 0.3) is 0 Å². The summed E-state index contributed by atoms with van der Waals surface area (Å²) in [6.45, 7) is 5.57. The third-order valence-corrected chi connectivity index (χ3v) is 6.40. The van der Waals surface area contributed by atoms with Gasteiger partial charge in [0.05, 0.1) is 12.7 Å². The average Bonchev–Trinajstić information content (AvgIpc) is 2.84. The maximum Gasteiger partial charge on any atom is 0.166 e. The first-order valence-corrected chi connectivity index (χ1v) is 11.2. The monoisotopic (exact) mass is 454 g/mol. The highest BCUT2D eigenvalue weighted by molar-refractivity contribution is 5.71. The fourth-order valence-electron chi connectivity index (χ4n) is 4.38. The van der Waals surface area contributed by atoms with Gasteiger partial charge in [-0.2, -0.15) is 0 Å². The number of benzene rings is 3. The molecule has 5 heteroatoms. The van der Waals surface area contributed by atoms with Crippen LogP contribution in [0, 0.1) is 30.2 Å². The number of rotatable bonds is 6. The first-order chi connectivity index (χ1) is 15.9. The predicted molar refractivity (Wildman–Crippen MR) is 123 cm³/mol. The van der Waals surface area contributed by atoms with Crippen LogP contribution in [0.25, 0.3) is 22.3 Å². The van der Waals surface area contributed by atoms with E-state index in [1.54, 1.807) is 36.4 Å². The van der Waals surface area contributed by atoms with E-state index in [2.05, 4.69) is 6.58 Å². The minimum absolute atomic E-state index is 0.121. The normalized spacial score (nSPS) is 18.3. The molecule has 1 heterocycles. The molecule has 33 heavy (non-hydrogen) atoms. The predicted octanol–water partition coefficient (Wildman–Crippen LogP) is 8.11. The molecule has 4 rings (SSSR count). The van der Waals surface area contributed by atoms with Crippen LogP contribution in [-0.2, 0) is 4.74 Å². The van der Waals surface area contributed by atoms with Gasteiger partial charge in [-0.05, 0) is 54.9 Å². The van der Waals surface area contributed by atoms with Crippen molar-refractivity contribution in [2.45, 2.75) is 44.6 Å². The van der Waals surface area contributed by atoms with Gasteiger partial charge in [0, 0.05) is 17.0 Å². The minimum Gasteiger partial charge on any atom is -0.378 e. The quantitative estimate of drug-likeness (QED) is 0.270. The number of aryl methyl sites for hydroxylation is 1. The van der Waals surface area contributed by atoms with Gasteiger partial charge in [-0.1, -0.05) is 54.6 Å². The fourth-order valence-corrected chi connectivity index (χ4v) is 4.38. The molecular weight excluding hydrogens is 428 g/mol. The fraction of sp³-hybridized carbons (Fsp3) is 0.286. The van der Waals surface area contributed by atoms with Crippen LogP contribution in [0.2, 0.25) is 0 Å². The van der Waals surface area contributed by atoms with Gasteiger partial charge in [-0.25, -0.2) is 17.6 Å². The molecule has 0 aromatic heterocycles. The van der Waals surface area contributed by atoms with E-state index in [4.69, 9.17) is 4.74 Å². The summed E-state index contributed by atoms with van der Waals surface area (Å²) in [5.41, 5.74) is 1.71. The summed E-state index contributed by atoms with van der Waals surface area (Å²) in [5, 5.41) is 0. The first-order valence-electron chi connectivity index (χ1n) is 11.2. The second-order valence-corrected chi connectivity index (χ2v) is 8.56. The van der Waals surface area contributed by atoms with Crippen molar-refractivity contribution in [1.29, 1.82) is 0 Å². The SMILES string of the molecule is C=CCCC1CCC(c2ccc(-c3ccc(-c4ccc(C)c(F)c4F)cc3)c(F)c2F)CO1. The Morgan fingerprint density at radius 3 is 2.00 bits per heavy atom. The molecule has 0 saturated carbocycles. The first kappa shape index (κ1) is 23.2. The van der Waals surface area contributed by atoms with E-state index >= 15 is 0 Å². The van der Waals surface area contributed by atoms with Gasteiger partial charge in [0.1, 0.15) is 0 Å². The molecule has 1 nitrogen and oxygen atoms in total.